The highest BCUT2D eigenvalue weighted by Crippen LogP contribution is 2.44. The Kier molecular flexibility index (Phi) is 8.83. The molecule has 8 heteroatoms. The van der Waals surface area contributed by atoms with Crippen LogP contribution in [0, 0.1) is 0 Å². The molecule has 1 unspecified atom stereocenters. The minimum Gasteiger partial charge on any atom is -0.481 e. The predicted octanol–water partition coefficient (Wildman–Crippen LogP) is 3.30. The Hall–Kier alpha value is -3.39. The fraction of sp³-hybridized carbons (Fsp3) is 0.400. The summed E-state index contributed by atoms with van der Waals surface area (Å²) in [4.78, 5) is 35.4. The van der Waals surface area contributed by atoms with Crippen LogP contribution in [0.5, 0.6) is 0 Å². The van der Waals surface area contributed by atoms with Crippen molar-refractivity contribution in [3.05, 3.63) is 59.7 Å². The normalized spacial score (nSPS) is 13.0. The highest BCUT2D eigenvalue weighted by Gasteiger charge is 2.29. The van der Waals surface area contributed by atoms with E-state index >= 15 is 0 Å². The number of rotatable bonds is 12. The van der Waals surface area contributed by atoms with E-state index < -0.39 is 18.1 Å². The summed E-state index contributed by atoms with van der Waals surface area (Å²) in [5.74, 6) is -1.31. The summed E-state index contributed by atoms with van der Waals surface area (Å²) in [7, 11) is 0. The second-order valence-corrected chi connectivity index (χ2v) is 7.86. The van der Waals surface area contributed by atoms with Crippen molar-refractivity contribution in [3.8, 4) is 11.1 Å². The molecule has 176 valence electrons. The standard InChI is InChI=1S/C25H30N2O6/c1-2-7-22(24(30)26-13-15-32-14-12-23(28)29)27-25(31)33-16-21-19-10-5-3-8-17(19)18-9-4-6-11-20(18)21/h3-6,8-11,21-22H,2,7,12-16H2,1H3,(H,26,30)(H,27,31)(H,28,29). The molecule has 0 aromatic heterocycles. The lowest BCUT2D eigenvalue weighted by Gasteiger charge is -2.19. The predicted molar refractivity (Wildman–Crippen MR) is 123 cm³/mol. The van der Waals surface area contributed by atoms with Crippen molar-refractivity contribution in [1.29, 1.82) is 0 Å². The molecule has 0 bridgehead atoms. The number of amides is 2. The molecule has 1 aliphatic carbocycles. The van der Waals surface area contributed by atoms with Gasteiger partial charge in [-0.05, 0) is 28.7 Å². The Bertz CT molecular complexity index is 931. The Labute approximate surface area is 193 Å². The lowest BCUT2D eigenvalue weighted by atomic mass is 9.98. The quantitative estimate of drug-likeness (QED) is 0.424. The topological polar surface area (TPSA) is 114 Å². The second kappa shape index (κ2) is 12.0. The van der Waals surface area contributed by atoms with Gasteiger partial charge in [0, 0.05) is 12.5 Å². The lowest BCUT2D eigenvalue weighted by molar-refractivity contribution is -0.138. The monoisotopic (exact) mass is 454 g/mol. The number of carbonyl (C=O) groups is 3. The molecule has 8 nitrogen and oxygen atoms in total. The van der Waals surface area contributed by atoms with Crippen molar-refractivity contribution < 1.29 is 29.0 Å². The van der Waals surface area contributed by atoms with Crippen LogP contribution in [0.1, 0.15) is 43.2 Å². The Balaban J connectivity index is 1.50. The molecule has 2 amide bonds. The number of nitrogens with one attached hydrogen (secondary N) is 2. The Morgan fingerprint density at radius 3 is 2.24 bits per heavy atom. The molecule has 3 rings (SSSR count). The number of hydrogen-bond donors (Lipinski definition) is 3. The number of carboxylic acids is 1. The summed E-state index contributed by atoms with van der Waals surface area (Å²) >= 11 is 0. The zero-order chi connectivity index (χ0) is 23.6. The van der Waals surface area contributed by atoms with Gasteiger partial charge in [-0.3, -0.25) is 9.59 Å². The SMILES string of the molecule is CCCC(NC(=O)OCC1c2ccccc2-c2ccccc21)C(=O)NCCOCCC(=O)O. The van der Waals surface area contributed by atoms with E-state index in [1.807, 2.05) is 43.3 Å². The first-order chi connectivity index (χ1) is 16.0. The van der Waals surface area contributed by atoms with Crippen molar-refractivity contribution in [1.82, 2.24) is 10.6 Å². The molecule has 1 atom stereocenters. The van der Waals surface area contributed by atoms with Crippen LogP contribution in [0.2, 0.25) is 0 Å². The molecule has 0 heterocycles. The minimum absolute atomic E-state index is 0.0513. The van der Waals surface area contributed by atoms with E-state index in [0.717, 1.165) is 22.3 Å². The van der Waals surface area contributed by atoms with Crippen LogP contribution in [0.15, 0.2) is 48.5 Å². The molecule has 0 fully saturated rings. The molecular formula is C25H30N2O6. The number of carbonyl (C=O) groups excluding carboxylic acids is 2. The first-order valence-electron chi connectivity index (χ1n) is 11.2. The highest BCUT2D eigenvalue weighted by atomic mass is 16.5. The van der Waals surface area contributed by atoms with E-state index in [1.165, 1.54) is 0 Å². The van der Waals surface area contributed by atoms with E-state index in [2.05, 4.69) is 22.8 Å². The molecule has 0 radical (unpaired) electrons. The Morgan fingerprint density at radius 1 is 1.00 bits per heavy atom. The third kappa shape index (κ3) is 6.55. The molecule has 0 aliphatic heterocycles. The molecule has 1 aliphatic rings. The average Bonchev–Trinajstić information content (AvgIpc) is 3.13. The number of ether oxygens (including phenoxy) is 2. The summed E-state index contributed by atoms with van der Waals surface area (Å²) in [5, 5.41) is 13.9. The van der Waals surface area contributed by atoms with Gasteiger partial charge >= 0.3 is 12.1 Å². The van der Waals surface area contributed by atoms with Crippen LogP contribution < -0.4 is 10.6 Å². The summed E-state index contributed by atoms with van der Waals surface area (Å²) < 4.78 is 10.7. The third-order valence-corrected chi connectivity index (χ3v) is 5.54. The number of hydrogen-bond acceptors (Lipinski definition) is 5. The van der Waals surface area contributed by atoms with Crippen LogP contribution in [-0.2, 0) is 19.1 Å². The summed E-state index contributed by atoms with van der Waals surface area (Å²) in [6.07, 6.45) is 0.450. The molecule has 0 saturated heterocycles. The van der Waals surface area contributed by atoms with Crippen LogP contribution >= 0.6 is 0 Å². The van der Waals surface area contributed by atoms with Crippen LogP contribution in [-0.4, -0.2) is 55.5 Å². The largest absolute Gasteiger partial charge is 0.481 e. The van der Waals surface area contributed by atoms with E-state index in [-0.39, 0.29) is 44.6 Å². The van der Waals surface area contributed by atoms with Gasteiger partial charge in [0.15, 0.2) is 0 Å². The van der Waals surface area contributed by atoms with Gasteiger partial charge in [-0.15, -0.1) is 0 Å². The van der Waals surface area contributed by atoms with Gasteiger partial charge < -0.3 is 25.2 Å². The fourth-order valence-corrected chi connectivity index (χ4v) is 3.97. The van der Waals surface area contributed by atoms with Gasteiger partial charge in [0.25, 0.3) is 0 Å². The van der Waals surface area contributed by atoms with E-state index in [1.54, 1.807) is 0 Å². The number of benzene rings is 2. The zero-order valence-corrected chi connectivity index (χ0v) is 18.7. The van der Waals surface area contributed by atoms with Crippen LogP contribution in [0.3, 0.4) is 0 Å². The maximum absolute atomic E-state index is 12.5. The van der Waals surface area contributed by atoms with Crippen molar-refractivity contribution in [2.75, 3.05) is 26.4 Å². The van der Waals surface area contributed by atoms with Crippen molar-refractivity contribution in [3.63, 3.8) is 0 Å². The summed E-state index contributed by atoms with van der Waals surface area (Å²) in [5.41, 5.74) is 4.54. The van der Waals surface area contributed by atoms with E-state index in [4.69, 9.17) is 14.6 Å². The molecule has 3 N–H and O–H groups in total. The maximum atomic E-state index is 12.5. The molecule has 0 spiro atoms. The average molecular weight is 455 g/mol. The van der Waals surface area contributed by atoms with Crippen molar-refractivity contribution >= 4 is 18.0 Å². The smallest absolute Gasteiger partial charge is 0.407 e. The fourth-order valence-electron chi connectivity index (χ4n) is 3.97. The molecule has 0 saturated carbocycles. The van der Waals surface area contributed by atoms with Crippen LogP contribution in [0.25, 0.3) is 11.1 Å². The molecule has 2 aromatic rings. The first-order valence-corrected chi connectivity index (χ1v) is 11.2. The summed E-state index contributed by atoms with van der Waals surface area (Å²) in [6.45, 7) is 2.61. The number of aliphatic carboxylic acids is 1. The van der Waals surface area contributed by atoms with Crippen molar-refractivity contribution in [2.24, 2.45) is 0 Å². The Morgan fingerprint density at radius 2 is 1.64 bits per heavy atom. The lowest BCUT2D eigenvalue weighted by Crippen LogP contribution is -2.47. The molecular weight excluding hydrogens is 424 g/mol. The number of carboxylic acid groups (broad SMARTS) is 1. The summed E-state index contributed by atoms with van der Waals surface area (Å²) in [6, 6.07) is 15.5. The molecule has 2 aromatic carbocycles. The van der Waals surface area contributed by atoms with Gasteiger partial charge in [0.1, 0.15) is 12.6 Å². The highest BCUT2D eigenvalue weighted by molar-refractivity contribution is 5.85. The van der Waals surface area contributed by atoms with Gasteiger partial charge in [-0.1, -0.05) is 61.9 Å². The van der Waals surface area contributed by atoms with Crippen LogP contribution in [0.4, 0.5) is 4.79 Å². The first kappa shape index (κ1) is 24.3. The zero-order valence-electron chi connectivity index (χ0n) is 18.7. The number of fused-ring (bicyclic) bond motifs is 3. The van der Waals surface area contributed by atoms with Gasteiger partial charge in [0.2, 0.25) is 5.91 Å². The van der Waals surface area contributed by atoms with Gasteiger partial charge in [0.05, 0.1) is 19.6 Å². The third-order valence-electron chi connectivity index (χ3n) is 5.54. The van der Waals surface area contributed by atoms with Gasteiger partial charge in [-0.2, -0.15) is 0 Å². The van der Waals surface area contributed by atoms with E-state index in [9.17, 15) is 14.4 Å². The number of alkyl carbamates (subject to hydrolysis) is 1. The van der Waals surface area contributed by atoms with Crippen molar-refractivity contribution in [2.45, 2.75) is 38.1 Å². The second-order valence-electron chi connectivity index (χ2n) is 7.86. The minimum atomic E-state index is -0.936. The maximum Gasteiger partial charge on any atom is 0.407 e. The molecule has 33 heavy (non-hydrogen) atoms. The van der Waals surface area contributed by atoms with Gasteiger partial charge in [-0.25, -0.2) is 4.79 Å². The van der Waals surface area contributed by atoms with E-state index in [0.29, 0.717) is 12.8 Å².